The highest BCUT2D eigenvalue weighted by molar-refractivity contribution is 7.92. The van der Waals surface area contributed by atoms with E-state index in [1.165, 1.54) is 9.21 Å². The minimum atomic E-state index is -4.18. The van der Waals surface area contributed by atoms with Crippen LogP contribution in [0.5, 0.6) is 0 Å². The van der Waals surface area contributed by atoms with Crippen LogP contribution >= 0.6 is 11.6 Å². The SMILES string of the molecule is Cc1ccc(S(=O)(=O)N(CC(=O)N(Cc2cccc(Cl)c2)C(Cc2ccccc2)C(=O)NC2CCCCC2)c2cc(C)ccc2C)cc1. The molecule has 1 fully saturated rings. The van der Waals surface area contributed by atoms with Gasteiger partial charge in [0.15, 0.2) is 0 Å². The number of carbonyl (C=O) groups excluding carboxylic acids is 2. The Morgan fingerprint density at radius 2 is 1.48 bits per heavy atom. The first kappa shape index (κ1) is 35.2. The van der Waals surface area contributed by atoms with E-state index in [-0.39, 0.29) is 29.8 Å². The lowest BCUT2D eigenvalue weighted by atomic mass is 9.94. The van der Waals surface area contributed by atoms with Crippen molar-refractivity contribution in [2.24, 2.45) is 0 Å². The van der Waals surface area contributed by atoms with Gasteiger partial charge in [-0.15, -0.1) is 0 Å². The molecule has 0 radical (unpaired) electrons. The van der Waals surface area contributed by atoms with E-state index in [0.29, 0.717) is 16.3 Å². The number of benzene rings is 4. The second-order valence-corrected chi connectivity index (χ2v) is 15.1. The average Bonchev–Trinajstić information content (AvgIpc) is 3.07. The summed E-state index contributed by atoms with van der Waals surface area (Å²) in [6.07, 6.45) is 5.27. The number of aryl methyl sites for hydroxylation is 3. The molecule has 252 valence electrons. The average molecular weight is 686 g/mol. The lowest BCUT2D eigenvalue weighted by Gasteiger charge is -2.35. The molecule has 4 aromatic carbocycles. The summed E-state index contributed by atoms with van der Waals surface area (Å²) in [7, 11) is -4.18. The van der Waals surface area contributed by atoms with Crippen molar-refractivity contribution in [2.45, 2.75) is 82.8 Å². The lowest BCUT2D eigenvalue weighted by Crippen LogP contribution is -2.55. The van der Waals surface area contributed by atoms with Crippen LogP contribution in [0.2, 0.25) is 5.02 Å². The summed E-state index contributed by atoms with van der Waals surface area (Å²) in [6.45, 7) is 5.18. The van der Waals surface area contributed by atoms with E-state index in [4.69, 9.17) is 11.6 Å². The molecule has 1 saturated carbocycles. The van der Waals surface area contributed by atoms with E-state index in [1.54, 1.807) is 48.5 Å². The Morgan fingerprint density at radius 1 is 0.812 bits per heavy atom. The molecule has 4 aromatic rings. The van der Waals surface area contributed by atoms with Crippen molar-refractivity contribution in [1.29, 1.82) is 0 Å². The quantitative estimate of drug-likeness (QED) is 0.167. The summed E-state index contributed by atoms with van der Waals surface area (Å²) in [5, 5.41) is 3.75. The van der Waals surface area contributed by atoms with Crippen LogP contribution in [0.1, 0.15) is 59.9 Å². The smallest absolute Gasteiger partial charge is 0.264 e. The van der Waals surface area contributed by atoms with Gasteiger partial charge in [0, 0.05) is 24.0 Å². The van der Waals surface area contributed by atoms with Gasteiger partial charge in [0.1, 0.15) is 12.6 Å². The first-order valence-corrected chi connectivity index (χ1v) is 18.4. The van der Waals surface area contributed by atoms with Gasteiger partial charge in [-0.1, -0.05) is 103 Å². The third kappa shape index (κ3) is 8.85. The number of halogens is 1. The highest BCUT2D eigenvalue weighted by atomic mass is 35.5. The Labute approximate surface area is 290 Å². The van der Waals surface area contributed by atoms with Crippen LogP contribution in [-0.4, -0.2) is 43.8 Å². The second kappa shape index (κ2) is 15.8. The van der Waals surface area contributed by atoms with Gasteiger partial charge in [0.25, 0.3) is 10.0 Å². The molecular weight excluding hydrogens is 642 g/mol. The van der Waals surface area contributed by atoms with Crippen LogP contribution in [0.3, 0.4) is 0 Å². The molecule has 1 aliphatic carbocycles. The minimum absolute atomic E-state index is 0.0287. The fourth-order valence-electron chi connectivity index (χ4n) is 6.27. The van der Waals surface area contributed by atoms with Gasteiger partial charge in [0.2, 0.25) is 11.8 Å². The fraction of sp³-hybridized carbons (Fsp3) is 0.333. The van der Waals surface area contributed by atoms with Crippen LogP contribution in [0.4, 0.5) is 5.69 Å². The maximum absolute atomic E-state index is 14.8. The van der Waals surface area contributed by atoms with Crippen molar-refractivity contribution in [3.63, 3.8) is 0 Å². The molecule has 1 atom stereocenters. The van der Waals surface area contributed by atoms with E-state index in [0.717, 1.165) is 54.4 Å². The molecular formula is C39H44ClN3O4S. The van der Waals surface area contributed by atoms with Crippen LogP contribution in [-0.2, 0) is 32.6 Å². The maximum atomic E-state index is 14.8. The first-order chi connectivity index (χ1) is 23.0. The van der Waals surface area contributed by atoms with Crippen LogP contribution < -0.4 is 9.62 Å². The van der Waals surface area contributed by atoms with Crippen molar-refractivity contribution in [2.75, 3.05) is 10.8 Å². The monoisotopic (exact) mass is 685 g/mol. The van der Waals surface area contributed by atoms with Crippen LogP contribution in [0.25, 0.3) is 0 Å². The maximum Gasteiger partial charge on any atom is 0.264 e. The number of sulfonamides is 1. The van der Waals surface area contributed by atoms with Gasteiger partial charge in [-0.05, 0) is 86.2 Å². The Morgan fingerprint density at radius 3 is 2.17 bits per heavy atom. The van der Waals surface area contributed by atoms with E-state index in [9.17, 15) is 18.0 Å². The zero-order valence-corrected chi connectivity index (χ0v) is 29.4. The van der Waals surface area contributed by atoms with Gasteiger partial charge >= 0.3 is 0 Å². The van der Waals surface area contributed by atoms with Crippen molar-refractivity contribution < 1.29 is 18.0 Å². The third-order valence-electron chi connectivity index (χ3n) is 8.99. The fourth-order valence-corrected chi connectivity index (χ4v) is 7.95. The predicted molar refractivity (Wildman–Crippen MR) is 193 cm³/mol. The second-order valence-electron chi connectivity index (χ2n) is 12.8. The van der Waals surface area contributed by atoms with E-state index >= 15 is 0 Å². The summed E-state index contributed by atoms with van der Waals surface area (Å²) in [4.78, 5) is 30.7. The van der Waals surface area contributed by atoms with E-state index < -0.39 is 28.5 Å². The summed E-state index contributed by atoms with van der Waals surface area (Å²) in [5.74, 6) is -0.743. The van der Waals surface area contributed by atoms with Crippen molar-refractivity contribution in [1.82, 2.24) is 10.2 Å². The Kier molecular flexibility index (Phi) is 11.6. The Hall–Kier alpha value is -4.14. The first-order valence-electron chi connectivity index (χ1n) is 16.6. The van der Waals surface area contributed by atoms with Gasteiger partial charge in [0.05, 0.1) is 10.6 Å². The summed E-state index contributed by atoms with van der Waals surface area (Å²) in [6, 6.07) is 28.1. The molecule has 1 aliphatic rings. The third-order valence-corrected chi connectivity index (χ3v) is 11.0. The van der Waals surface area contributed by atoms with Crippen molar-refractivity contribution >= 4 is 39.1 Å². The zero-order valence-electron chi connectivity index (χ0n) is 27.9. The Balaban J connectivity index is 1.59. The largest absolute Gasteiger partial charge is 0.352 e. The molecule has 48 heavy (non-hydrogen) atoms. The predicted octanol–water partition coefficient (Wildman–Crippen LogP) is 7.55. The zero-order chi connectivity index (χ0) is 34.3. The summed E-state index contributed by atoms with van der Waals surface area (Å²) in [5.41, 5.74) is 4.53. The summed E-state index contributed by atoms with van der Waals surface area (Å²) >= 11 is 6.37. The lowest BCUT2D eigenvalue weighted by molar-refractivity contribution is -0.140. The normalized spacial score (nSPS) is 14.2. The van der Waals surface area contributed by atoms with Gasteiger partial charge in [-0.2, -0.15) is 0 Å². The molecule has 0 saturated heterocycles. The number of nitrogens with one attached hydrogen (secondary N) is 1. The van der Waals surface area contributed by atoms with Crippen molar-refractivity contribution in [3.8, 4) is 0 Å². The van der Waals surface area contributed by atoms with Crippen LogP contribution in [0, 0.1) is 20.8 Å². The molecule has 7 nitrogen and oxygen atoms in total. The highest BCUT2D eigenvalue weighted by Crippen LogP contribution is 2.29. The topological polar surface area (TPSA) is 86.8 Å². The number of anilines is 1. The minimum Gasteiger partial charge on any atom is -0.352 e. The molecule has 0 aromatic heterocycles. The molecule has 2 amide bonds. The summed E-state index contributed by atoms with van der Waals surface area (Å²) < 4.78 is 30.0. The number of carbonyl (C=O) groups is 2. The molecule has 0 aliphatic heterocycles. The number of amides is 2. The molecule has 0 spiro atoms. The van der Waals surface area contributed by atoms with Crippen molar-refractivity contribution in [3.05, 3.63) is 130 Å². The Bertz CT molecular complexity index is 1820. The molecule has 1 unspecified atom stereocenters. The van der Waals surface area contributed by atoms with Gasteiger partial charge in [-0.3, -0.25) is 13.9 Å². The number of hydrogen-bond acceptors (Lipinski definition) is 4. The number of hydrogen-bond donors (Lipinski definition) is 1. The number of nitrogens with zero attached hydrogens (tertiary/aromatic N) is 2. The molecule has 9 heteroatoms. The van der Waals surface area contributed by atoms with E-state index in [2.05, 4.69) is 5.32 Å². The molecule has 1 N–H and O–H groups in total. The molecule has 0 heterocycles. The standard InChI is InChI=1S/C39H44ClN3O4S/c1-28-18-21-35(22-19-28)48(46,47)43(36-23-29(2)17-20-30(36)3)27-38(44)42(26-32-13-10-14-33(40)24-32)37(25-31-11-6-4-7-12-31)39(45)41-34-15-8-5-9-16-34/h4,6-7,10-14,17-24,34,37H,5,8-9,15-16,25-27H2,1-3H3,(H,41,45). The highest BCUT2D eigenvalue weighted by Gasteiger charge is 2.36. The molecule has 0 bridgehead atoms. The molecule has 5 rings (SSSR count). The van der Waals surface area contributed by atoms with Gasteiger partial charge < -0.3 is 10.2 Å². The van der Waals surface area contributed by atoms with E-state index in [1.807, 2.05) is 69.3 Å². The number of rotatable bonds is 12. The van der Waals surface area contributed by atoms with Crippen LogP contribution in [0.15, 0.2) is 102 Å². The van der Waals surface area contributed by atoms with Gasteiger partial charge in [-0.25, -0.2) is 8.42 Å².